The van der Waals surface area contributed by atoms with Crippen LogP contribution in [0.1, 0.15) is 12.5 Å². The van der Waals surface area contributed by atoms with Gasteiger partial charge in [-0.3, -0.25) is 0 Å². The maximum absolute atomic E-state index is 6.23. The van der Waals surface area contributed by atoms with Crippen LogP contribution in [0.4, 0.5) is 0 Å². The van der Waals surface area contributed by atoms with Crippen LogP contribution in [0.15, 0.2) is 48.5 Å². The first-order chi connectivity index (χ1) is 11.3. The van der Waals surface area contributed by atoms with Crippen LogP contribution < -0.4 is 4.74 Å². The molecule has 5 heteroatoms. The largest absolute Gasteiger partial charge is 0.489 e. The molecule has 0 saturated carbocycles. The van der Waals surface area contributed by atoms with Crippen LogP contribution in [0, 0.1) is 0 Å². The number of ether oxygens (including phenoxy) is 2. The number of imidazole rings is 1. The van der Waals surface area contributed by atoms with E-state index in [1.807, 2.05) is 60.0 Å². The van der Waals surface area contributed by atoms with Crippen LogP contribution >= 0.6 is 11.6 Å². The zero-order valence-corrected chi connectivity index (χ0v) is 13.8. The Morgan fingerprint density at radius 2 is 1.96 bits per heavy atom. The van der Waals surface area contributed by atoms with Gasteiger partial charge in [-0.25, -0.2) is 4.98 Å². The summed E-state index contributed by atoms with van der Waals surface area (Å²) < 4.78 is 13.2. The Balaban J connectivity index is 1.78. The zero-order chi connectivity index (χ0) is 16.1. The Labute approximate surface area is 140 Å². The van der Waals surface area contributed by atoms with Gasteiger partial charge in [0.15, 0.2) is 0 Å². The summed E-state index contributed by atoms with van der Waals surface area (Å²) in [5, 5.41) is 0.472. The van der Waals surface area contributed by atoms with E-state index < -0.39 is 0 Å². The summed E-state index contributed by atoms with van der Waals surface area (Å²) >= 11 is 6.23. The Kier molecular flexibility index (Phi) is 5.16. The third-order valence-corrected chi connectivity index (χ3v) is 3.87. The van der Waals surface area contributed by atoms with E-state index >= 15 is 0 Å². The van der Waals surface area contributed by atoms with Crippen LogP contribution in [0.5, 0.6) is 5.75 Å². The molecule has 0 saturated heterocycles. The number of benzene rings is 2. The van der Waals surface area contributed by atoms with Crippen LogP contribution in [0.25, 0.3) is 11.0 Å². The van der Waals surface area contributed by atoms with Gasteiger partial charge in [0.2, 0.25) is 5.28 Å². The SMILES string of the molecule is CCOCCn1c(Cl)nc2ccc(OCc3ccccc3)cc21. The van der Waals surface area contributed by atoms with Gasteiger partial charge >= 0.3 is 0 Å². The van der Waals surface area contributed by atoms with Crippen molar-refractivity contribution >= 4 is 22.6 Å². The van der Waals surface area contributed by atoms with E-state index in [2.05, 4.69) is 4.98 Å². The topological polar surface area (TPSA) is 36.3 Å². The van der Waals surface area contributed by atoms with Crippen molar-refractivity contribution in [1.29, 1.82) is 0 Å². The molecule has 3 aromatic rings. The van der Waals surface area contributed by atoms with Crippen molar-refractivity contribution < 1.29 is 9.47 Å². The summed E-state index contributed by atoms with van der Waals surface area (Å²) in [5.41, 5.74) is 2.95. The first-order valence-electron chi connectivity index (χ1n) is 7.68. The van der Waals surface area contributed by atoms with Gasteiger partial charge in [0, 0.05) is 19.2 Å². The molecule has 120 valence electrons. The molecule has 1 heterocycles. The number of fused-ring (bicyclic) bond motifs is 1. The quantitative estimate of drug-likeness (QED) is 0.606. The Morgan fingerprint density at radius 3 is 2.74 bits per heavy atom. The molecule has 0 spiro atoms. The van der Waals surface area contributed by atoms with E-state index in [0.29, 0.717) is 31.6 Å². The second-order valence-electron chi connectivity index (χ2n) is 5.15. The van der Waals surface area contributed by atoms with E-state index in [0.717, 1.165) is 22.3 Å². The monoisotopic (exact) mass is 330 g/mol. The molecule has 4 nitrogen and oxygen atoms in total. The Bertz CT molecular complexity index is 771. The molecular formula is C18H19ClN2O2. The molecule has 0 amide bonds. The highest BCUT2D eigenvalue weighted by Gasteiger charge is 2.10. The lowest BCUT2D eigenvalue weighted by Crippen LogP contribution is -2.06. The Hall–Kier alpha value is -2.04. The molecular weight excluding hydrogens is 312 g/mol. The first kappa shape index (κ1) is 15.8. The van der Waals surface area contributed by atoms with Crippen molar-refractivity contribution in [2.45, 2.75) is 20.1 Å². The standard InChI is InChI=1S/C18H19ClN2O2/c1-2-22-11-10-21-17-12-15(8-9-16(17)20-18(21)19)23-13-14-6-4-3-5-7-14/h3-9,12H,2,10-11,13H2,1H3. The molecule has 23 heavy (non-hydrogen) atoms. The van der Waals surface area contributed by atoms with Gasteiger partial charge in [0.1, 0.15) is 12.4 Å². The minimum atomic E-state index is 0.472. The van der Waals surface area contributed by atoms with Crippen LogP contribution in [-0.4, -0.2) is 22.8 Å². The van der Waals surface area contributed by atoms with Gasteiger partial charge in [0.05, 0.1) is 17.6 Å². The highest BCUT2D eigenvalue weighted by atomic mass is 35.5. The van der Waals surface area contributed by atoms with Gasteiger partial charge in [-0.2, -0.15) is 0 Å². The molecule has 0 aliphatic carbocycles. The van der Waals surface area contributed by atoms with Gasteiger partial charge in [-0.05, 0) is 36.2 Å². The summed E-state index contributed by atoms with van der Waals surface area (Å²) in [7, 11) is 0. The number of halogens is 1. The highest BCUT2D eigenvalue weighted by molar-refractivity contribution is 6.29. The van der Waals surface area contributed by atoms with Crippen LogP contribution in [0.2, 0.25) is 5.28 Å². The lowest BCUT2D eigenvalue weighted by Gasteiger charge is -2.08. The molecule has 0 radical (unpaired) electrons. The van der Waals surface area contributed by atoms with E-state index in [1.54, 1.807) is 0 Å². The smallest absolute Gasteiger partial charge is 0.203 e. The lowest BCUT2D eigenvalue weighted by atomic mass is 10.2. The first-order valence-corrected chi connectivity index (χ1v) is 8.06. The number of aromatic nitrogens is 2. The molecule has 0 aliphatic heterocycles. The van der Waals surface area contributed by atoms with Crippen molar-refractivity contribution in [2.75, 3.05) is 13.2 Å². The molecule has 0 bridgehead atoms. The van der Waals surface area contributed by atoms with Gasteiger partial charge < -0.3 is 14.0 Å². The summed E-state index contributed by atoms with van der Waals surface area (Å²) in [6.07, 6.45) is 0. The average molecular weight is 331 g/mol. The number of nitrogens with zero attached hydrogens (tertiary/aromatic N) is 2. The van der Waals surface area contributed by atoms with Gasteiger partial charge in [-0.15, -0.1) is 0 Å². The maximum atomic E-state index is 6.23. The Morgan fingerprint density at radius 1 is 1.13 bits per heavy atom. The van der Waals surface area contributed by atoms with Crippen LogP contribution in [-0.2, 0) is 17.9 Å². The second kappa shape index (κ2) is 7.49. The highest BCUT2D eigenvalue weighted by Crippen LogP contribution is 2.25. The number of rotatable bonds is 7. The van der Waals surface area contributed by atoms with Crippen LogP contribution in [0.3, 0.4) is 0 Å². The van der Waals surface area contributed by atoms with Crippen molar-refractivity contribution in [3.63, 3.8) is 0 Å². The molecule has 1 aromatic heterocycles. The minimum Gasteiger partial charge on any atom is -0.489 e. The summed E-state index contributed by atoms with van der Waals surface area (Å²) in [6, 6.07) is 15.9. The third kappa shape index (κ3) is 3.84. The van der Waals surface area contributed by atoms with Crippen molar-refractivity contribution in [1.82, 2.24) is 9.55 Å². The predicted octanol–water partition coefficient (Wildman–Crippen LogP) is 4.31. The number of hydrogen-bond donors (Lipinski definition) is 0. The van der Waals surface area contributed by atoms with E-state index in [1.165, 1.54) is 0 Å². The third-order valence-electron chi connectivity index (χ3n) is 3.58. The fourth-order valence-electron chi connectivity index (χ4n) is 2.42. The fourth-order valence-corrected chi connectivity index (χ4v) is 2.68. The summed E-state index contributed by atoms with van der Waals surface area (Å²) in [4.78, 5) is 4.37. The lowest BCUT2D eigenvalue weighted by molar-refractivity contribution is 0.140. The molecule has 0 N–H and O–H groups in total. The fraction of sp³-hybridized carbons (Fsp3) is 0.278. The van der Waals surface area contributed by atoms with Gasteiger partial charge in [0.25, 0.3) is 0 Å². The summed E-state index contributed by atoms with van der Waals surface area (Å²) in [6.45, 7) is 4.48. The molecule has 0 aliphatic rings. The average Bonchev–Trinajstić information content (AvgIpc) is 2.89. The second-order valence-corrected chi connectivity index (χ2v) is 5.49. The summed E-state index contributed by atoms with van der Waals surface area (Å²) in [5.74, 6) is 0.801. The molecule has 2 aromatic carbocycles. The molecule has 0 atom stereocenters. The number of hydrogen-bond acceptors (Lipinski definition) is 3. The van der Waals surface area contributed by atoms with E-state index in [4.69, 9.17) is 21.1 Å². The van der Waals surface area contributed by atoms with Gasteiger partial charge in [-0.1, -0.05) is 30.3 Å². The zero-order valence-electron chi connectivity index (χ0n) is 13.0. The molecule has 0 unspecified atom stereocenters. The van der Waals surface area contributed by atoms with E-state index in [-0.39, 0.29) is 0 Å². The van der Waals surface area contributed by atoms with Crippen molar-refractivity contribution in [3.05, 3.63) is 59.4 Å². The minimum absolute atomic E-state index is 0.472. The molecule has 0 fully saturated rings. The van der Waals surface area contributed by atoms with E-state index in [9.17, 15) is 0 Å². The maximum Gasteiger partial charge on any atom is 0.203 e. The predicted molar refractivity (Wildman–Crippen MR) is 92.0 cm³/mol. The van der Waals surface area contributed by atoms with Crippen molar-refractivity contribution in [2.24, 2.45) is 0 Å². The molecule has 3 rings (SSSR count). The van der Waals surface area contributed by atoms with Crippen molar-refractivity contribution in [3.8, 4) is 5.75 Å². The normalized spacial score (nSPS) is 11.0.